The maximum absolute atomic E-state index is 10.5. The summed E-state index contributed by atoms with van der Waals surface area (Å²) in [7, 11) is 0. The number of phenolic OH excluding ortho intramolecular Hbond substituents is 1. The van der Waals surface area contributed by atoms with Gasteiger partial charge in [-0.15, -0.1) is 11.8 Å². The van der Waals surface area contributed by atoms with Gasteiger partial charge in [0.1, 0.15) is 23.1 Å². The molecule has 0 spiro atoms. The molecule has 0 aliphatic carbocycles. The number of nitrogens with zero attached hydrogens (tertiary/aromatic N) is 1. The molecule has 15 heavy (non-hydrogen) atoms. The number of aliphatic imine (C=N–C) groups is 1. The normalized spacial score (nSPS) is 20.1. The van der Waals surface area contributed by atoms with Gasteiger partial charge in [0.05, 0.1) is 0 Å². The van der Waals surface area contributed by atoms with Gasteiger partial charge in [0.25, 0.3) is 0 Å². The first kappa shape index (κ1) is 10.2. The zero-order valence-electron chi connectivity index (χ0n) is 8.30. The quantitative estimate of drug-likeness (QED) is 0.774. The lowest BCUT2D eigenvalue weighted by Crippen LogP contribution is -2.03. The first-order valence-electron chi connectivity index (χ1n) is 4.66. The van der Waals surface area contributed by atoms with E-state index in [1.165, 1.54) is 11.8 Å². The van der Waals surface area contributed by atoms with Gasteiger partial charge in [0.15, 0.2) is 0 Å². The van der Waals surface area contributed by atoms with Gasteiger partial charge < -0.3 is 9.90 Å². The van der Waals surface area contributed by atoms with Crippen molar-refractivity contribution in [2.75, 3.05) is 5.75 Å². The Morgan fingerprint density at radius 3 is 3.00 bits per heavy atom. The number of aryl methyl sites for hydroxylation is 1. The van der Waals surface area contributed by atoms with E-state index >= 15 is 0 Å². The largest absolute Gasteiger partial charge is 0.507 e. The minimum Gasteiger partial charge on any atom is -0.507 e. The molecule has 0 saturated carbocycles. The van der Waals surface area contributed by atoms with Crippen molar-refractivity contribution in [1.82, 2.24) is 0 Å². The fraction of sp³-hybridized carbons (Fsp3) is 0.273. The van der Waals surface area contributed by atoms with Crippen LogP contribution in [0.2, 0.25) is 0 Å². The van der Waals surface area contributed by atoms with Gasteiger partial charge in [0, 0.05) is 11.3 Å². The maximum Gasteiger partial charge on any atom is 0.145 e. The lowest BCUT2D eigenvalue weighted by Gasteiger charge is -2.03. The van der Waals surface area contributed by atoms with Crippen molar-refractivity contribution in [2.24, 2.45) is 4.99 Å². The standard InChI is InChI=1S/C11H11NO2S/c1-7-2-3-9(10(14)4-7)11-12-8(5-13)6-15-11/h2-5,8,14H,6H2,1H3/t8-/m1/s1. The number of aromatic hydroxyl groups is 1. The summed E-state index contributed by atoms with van der Waals surface area (Å²) in [5, 5.41) is 10.5. The van der Waals surface area contributed by atoms with Crippen LogP contribution >= 0.6 is 11.8 Å². The topological polar surface area (TPSA) is 49.7 Å². The summed E-state index contributed by atoms with van der Waals surface area (Å²) in [5.41, 5.74) is 1.72. The molecule has 0 radical (unpaired) electrons. The van der Waals surface area contributed by atoms with Crippen LogP contribution in [0.4, 0.5) is 0 Å². The fourth-order valence-electron chi connectivity index (χ4n) is 1.43. The molecule has 1 N–H and O–H groups in total. The fourth-order valence-corrected chi connectivity index (χ4v) is 2.45. The highest BCUT2D eigenvalue weighted by atomic mass is 32.2. The van der Waals surface area contributed by atoms with Crippen molar-refractivity contribution in [1.29, 1.82) is 0 Å². The Labute approximate surface area is 92.2 Å². The van der Waals surface area contributed by atoms with Gasteiger partial charge in [-0.2, -0.15) is 0 Å². The maximum atomic E-state index is 10.5. The van der Waals surface area contributed by atoms with Crippen molar-refractivity contribution >= 4 is 23.1 Å². The molecule has 3 nitrogen and oxygen atoms in total. The average molecular weight is 221 g/mol. The third kappa shape index (κ3) is 2.04. The predicted octanol–water partition coefficient (Wildman–Crippen LogP) is 1.76. The summed E-state index contributed by atoms with van der Waals surface area (Å²) in [5.74, 6) is 0.902. The highest BCUT2D eigenvalue weighted by Gasteiger charge is 2.20. The van der Waals surface area contributed by atoms with E-state index in [-0.39, 0.29) is 11.8 Å². The highest BCUT2D eigenvalue weighted by molar-refractivity contribution is 8.14. The summed E-state index contributed by atoms with van der Waals surface area (Å²) in [4.78, 5) is 14.8. The Morgan fingerprint density at radius 2 is 2.40 bits per heavy atom. The van der Waals surface area contributed by atoms with Crippen molar-refractivity contribution < 1.29 is 9.90 Å². The van der Waals surface area contributed by atoms with E-state index in [1.54, 1.807) is 6.07 Å². The number of hydrogen-bond acceptors (Lipinski definition) is 4. The average Bonchev–Trinajstić information content (AvgIpc) is 2.66. The molecule has 1 aliphatic rings. The first-order valence-corrected chi connectivity index (χ1v) is 5.65. The van der Waals surface area contributed by atoms with E-state index in [4.69, 9.17) is 0 Å². The second kappa shape index (κ2) is 4.06. The molecular formula is C11H11NO2S. The molecule has 0 unspecified atom stereocenters. The van der Waals surface area contributed by atoms with E-state index in [2.05, 4.69) is 4.99 Å². The van der Waals surface area contributed by atoms with Crippen LogP contribution < -0.4 is 0 Å². The van der Waals surface area contributed by atoms with Gasteiger partial charge in [-0.3, -0.25) is 4.99 Å². The van der Waals surface area contributed by atoms with Gasteiger partial charge in [-0.05, 0) is 24.6 Å². The summed E-state index contributed by atoms with van der Waals surface area (Å²) < 4.78 is 0. The van der Waals surface area contributed by atoms with Crippen molar-refractivity contribution in [3.05, 3.63) is 29.3 Å². The number of aldehydes is 1. The molecule has 0 fully saturated rings. The summed E-state index contributed by atoms with van der Waals surface area (Å²) in [6, 6.07) is 5.20. The molecule has 0 bridgehead atoms. The third-order valence-corrected chi connectivity index (χ3v) is 3.32. The predicted molar refractivity (Wildman–Crippen MR) is 61.7 cm³/mol. The number of thioether (sulfide) groups is 1. The van der Waals surface area contributed by atoms with Crippen LogP contribution in [0.5, 0.6) is 5.75 Å². The van der Waals surface area contributed by atoms with E-state index in [9.17, 15) is 9.90 Å². The number of phenols is 1. The van der Waals surface area contributed by atoms with Crippen molar-refractivity contribution in [2.45, 2.75) is 13.0 Å². The number of carbonyl (C=O) groups excluding carboxylic acids is 1. The van der Waals surface area contributed by atoms with Crippen molar-refractivity contribution in [3.8, 4) is 5.75 Å². The molecule has 0 amide bonds. The van der Waals surface area contributed by atoms with Gasteiger partial charge in [-0.1, -0.05) is 6.07 Å². The van der Waals surface area contributed by atoms with E-state index in [0.717, 1.165) is 22.5 Å². The Kier molecular flexibility index (Phi) is 2.77. The van der Waals surface area contributed by atoms with Crippen LogP contribution in [0.25, 0.3) is 0 Å². The molecule has 1 aliphatic heterocycles. The molecule has 0 aromatic heterocycles. The van der Waals surface area contributed by atoms with E-state index in [0.29, 0.717) is 5.75 Å². The highest BCUT2D eigenvalue weighted by Crippen LogP contribution is 2.28. The molecule has 4 heteroatoms. The van der Waals surface area contributed by atoms with Crippen LogP contribution in [0.15, 0.2) is 23.2 Å². The second-order valence-corrected chi connectivity index (χ2v) is 4.48. The van der Waals surface area contributed by atoms with E-state index in [1.807, 2.05) is 19.1 Å². The summed E-state index contributed by atoms with van der Waals surface area (Å²) in [6.45, 7) is 1.92. The second-order valence-electron chi connectivity index (χ2n) is 3.47. The molecule has 1 atom stereocenters. The smallest absolute Gasteiger partial charge is 0.145 e. The number of rotatable bonds is 2. The molecule has 0 saturated heterocycles. The molecule has 78 valence electrons. The monoisotopic (exact) mass is 221 g/mol. The van der Waals surface area contributed by atoms with Crippen LogP contribution in [0.1, 0.15) is 11.1 Å². The minimum absolute atomic E-state index is 0.229. The molecular weight excluding hydrogens is 210 g/mol. The van der Waals surface area contributed by atoms with E-state index < -0.39 is 0 Å². The zero-order valence-corrected chi connectivity index (χ0v) is 9.12. The Hall–Kier alpha value is -1.29. The Morgan fingerprint density at radius 1 is 1.60 bits per heavy atom. The third-order valence-electron chi connectivity index (χ3n) is 2.21. The van der Waals surface area contributed by atoms with Crippen LogP contribution in [-0.2, 0) is 4.79 Å². The zero-order chi connectivity index (χ0) is 10.8. The number of hydrogen-bond donors (Lipinski definition) is 1. The van der Waals surface area contributed by atoms with Crippen LogP contribution in [-0.4, -0.2) is 28.2 Å². The van der Waals surface area contributed by atoms with Gasteiger partial charge >= 0.3 is 0 Å². The first-order chi connectivity index (χ1) is 7.20. The lowest BCUT2D eigenvalue weighted by atomic mass is 10.1. The Bertz CT molecular complexity index is 429. The molecule has 1 aromatic rings. The molecule has 1 aromatic carbocycles. The van der Waals surface area contributed by atoms with Crippen LogP contribution in [0, 0.1) is 6.92 Å². The van der Waals surface area contributed by atoms with Crippen molar-refractivity contribution in [3.63, 3.8) is 0 Å². The number of carbonyl (C=O) groups is 1. The van der Waals surface area contributed by atoms with Gasteiger partial charge in [-0.25, -0.2) is 0 Å². The van der Waals surface area contributed by atoms with Gasteiger partial charge in [0.2, 0.25) is 0 Å². The lowest BCUT2D eigenvalue weighted by molar-refractivity contribution is -0.108. The molecule has 2 rings (SSSR count). The Balaban J connectivity index is 2.34. The summed E-state index contributed by atoms with van der Waals surface area (Å²) in [6.07, 6.45) is 0.839. The SMILES string of the molecule is Cc1ccc(C2=N[C@H](C=O)CS2)c(O)c1. The summed E-state index contributed by atoms with van der Waals surface area (Å²) >= 11 is 1.51. The molecule has 1 heterocycles. The number of benzene rings is 1. The van der Waals surface area contributed by atoms with Crippen LogP contribution in [0.3, 0.4) is 0 Å². The minimum atomic E-state index is -0.259.